The van der Waals surface area contributed by atoms with Gasteiger partial charge in [0, 0.05) is 18.7 Å². The zero-order chi connectivity index (χ0) is 18.5. The Balaban J connectivity index is 1.31. The summed E-state index contributed by atoms with van der Waals surface area (Å²) in [6.07, 6.45) is 5.90. The van der Waals surface area contributed by atoms with Crippen molar-refractivity contribution >= 4 is 12.0 Å². The van der Waals surface area contributed by atoms with Gasteiger partial charge in [-0.2, -0.15) is 0 Å². The number of rotatable bonds is 5. The lowest BCUT2D eigenvalue weighted by molar-refractivity contribution is -0.117. The monoisotopic (exact) mass is 362 g/mol. The number of fused-ring (bicyclic) bond motifs is 1. The Morgan fingerprint density at radius 3 is 2.52 bits per heavy atom. The smallest absolute Gasteiger partial charge is 0.250 e. The molecule has 2 aliphatic heterocycles. The van der Waals surface area contributed by atoms with Gasteiger partial charge in [-0.25, -0.2) is 0 Å². The number of ether oxygens (including phenoxy) is 1. The molecule has 1 fully saturated rings. The molecule has 4 heteroatoms. The molecule has 0 aromatic heterocycles. The standard InChI is InChI=1S/C23H26N2O2/c26-23(21-14-20-6-2-3-7-22(20)27-17-21)24-15-18-8-10-19(11-9-18)16-25-12-4-1-5-13-25/h2-3,6-11,14H,1,4-5,12-13,15-17H2,(H,24,26). The van der Waals surface area contributed by atoms with Gasteiger partial charge in [-0.1, -0.05) is 48.9 Å². The van der Waals surface area contributed by atoms with Crippen molar-refractivity contribution in [2.24, 2.45) is 0 Å². The predicted molar refractivity (Wildman–Crippen MR) is 107 cm³/mol. The summed E-state index contributed by atoms with van der Waals surface area (Å²) in [5.41, 5.74) is 4.07. The second-order valence-electron chi connectivity index (χ2n) is 7.33. The first kappa shape index (κ1) is 17.8. The minimum absolute atomic E-state index is 0.0677. The molecule has 27 heavy (non-hydrogen) atoms. The topological polar surface area (TPSA) is 41.6 Å². The summed E-state index contributed by atoms with van der Waals surface area (Å²) < 4.78 is 5.66. The van der Waals surface area contributed by atoms with E-state index in [1.165, 1.54) is 37.9 Å². The predicted octanol–water partition coefficient (Wildman–Crippen LogP) is 3.76. The normalized spacial score (nSPS) is 16.8. The number of amides is 1. The summed E-state index contributed by atoms with van der Waals surface area (Å²) in [4.78, 5) is 15.0. The third kappa shape index (κ3) is 4.58. The second-order valence-corrected chi connectivity index (χ2v) is 7.33. The molecule has 140 valence electrons. The summed E-state index contributed by atoms with van der Waals surface area (Å²) in [6.45, 7) is 4.28. The zero-order valence-corrected chi connectivity index (χ0v) is 15.6. The van der Waals surface area contributed by atoms with Gasteiger partial charge in [0.2, 0.25) is 0 Å². The lowest BCUT2D eigenvalue weighted by atomic mass is 10.1. The van der Waals surface area contributed by atoms with Gasteiger partial charge in [-0.15, -0.1) is 0 Å². The molecular weight excluding hydrogens is 336 g/mol. The summed E-state index contributed by atoms with van der Waals surface area (Å²) >= 11 is 0. The van der Waals surface area contributed by atoms with Crippen molar-refractivity contribution in [3.05, 3.63) is 70.8 Å². The van der Waals surface area contributed by atoms with Crippen molar-refractivity contribution < 1.29 is 9.53 Å². The van der Waals surface area contributed by atoms with Crippen LogP contribution in [0.25, 0.3) is 6.08 Å². The van der Waals surface area contributed by atoms with Crippen LogP contribution < -0.4 is 10.1 Å². The van der Waals surface area contributed by atoms with Gasteiger partial charge >= 0.3 is 0 Å². The molecule has 4 nitrogen and oxygen atoms in total. The van der Waals surface area contributed by atoms with Crippen molar-refractivity contribution in [3.8, 4) is 5.75 Å². The Hall–Kier alpha value is -2.59. The van der Waals surface area contributed by atoms with E-state index in [4.69, 9.17) is 4.74 Å². The van der Waals surface area contributed by atoms with Gasteiger partial charge in [0.25, 0.3) is 5.91 Å². The first-order valence-electron chi connectivity index (χ1n) is 9.79. The number of carbonyl (C=O) groups excluding carboxylic acids is 1. The Morgan fingerprint density at radius 1 is 0.963 bits per heavy atom. The van der Waals surface area contributed by atoms with Crippen molar-refractivity contribution in [1.29, 1.82) is 0 Å². The average molecular weight is 362 g/mol. The van der Waals surface area contributed by atoms with Crippen LogP contribution in [0.1, 0.15) is 36.0 Å². The molecule has 2 aromatic rings. The fourth-order valence-corrected chi connectivity index (χ4v) is 3.68. The number of likely N-dealkylation sites (tertiary alicyclic amines) is 1. The molecule has 1 saturated heterocycles. The van der Waals surface area contributed by atoms with Gasteiger partial charge in [0.15, 0.2) is 0 Å². The van der Waals surface area contributed by atoms with Gasteiger partial charge in [0.1, 0.15) is 12.4 Å². The minimum Gasteiger partial charge on any atom is -0.488 e. The van der Waals surface area contributed by atoms with Crippen molar-refractivity contribution in [2.75, 3.05) is 19.7 Å². The van der Waals surface area contributed by atoms with Crippen LogP contribution in [0.5, 0.6) is 5.75 Å². The van der Waals surface area contributed by atoms with Crippen LogP contribution in [-0.2, 0) is 17.9 Å². The molecule has 0 unspecified atom stereocenters. The molecule has 4 rings (SSSR count). The maximum Gasteiger partial charge on any atom is 0.250 e. The van der Waals surface area contributed by atoms with Gasteiger partial charge in [-0.05, 0) is 49.2 Å². The number of hydrogen-bond acceptors (Lipinski definition) is 3. The van der Waals surface area contributed by atoms with E-state index in [0.717, 1.165) is 23.4 Å². The lowest BCUT2D eigenvalue weighted by Gasteiger charge is -2.26. The highest BCUT2D eigenvalue weighted by Crippen LogP contribution is 2.25. The van der Waals surface area contributed by atoms with E-state index in [2.05, 4.69) is 34.5 Å². The second kappa shape index (κ2) is 8.40. The third-order valence-corrected chi connectivity index (χ3v) is 5.25. The molecule has 0 radical (unpaired) electrons. The van der Waals surface area contributed by atoms with Crippen molar-refractivity contribution in [1.82, 2.24) is 10.2 Å². The highest BCUT2D eigenvalue weighted by molar-refractivity contribution is 5.99. The van der Waals surface area contributed by atoms with Crippen molar-refractivity contribution in [2.45, 2.75) is 32.4 Å². The Morgan fingerprint density at radius 2 is 1.70 bits per heavy atom. The Kier molecular flexibility index (Phi) is 5.54. The molecule has 0 saturated carbocycles. The third-order valence-electron chi connectivity index (χ3n) is 5.25. The largest absolute Gasteiger partial charge is 0.488 e. The van der Waals surface area contributed by atoms with Crippen molar-refractivity contribution in [3.63, 3.8) is 0 Å². The van der Waals surface area contributed by atoms with E-state index >= 15 is 0 Å². The van der Waals surface area contributed by atoms with E-state index in [0.29, 0.717) is 18.7 Å². The van der Waals surface area contributed by atoms with E-state index in [9.17, 15) is 4.79 Å². The Labute approximate surface area is 160 Å². The van der Waals surface area contributed by atoms with Crippen LogP contribution >= 0.6 is 0 Å². The summed E-state index contributed by atoms with van der Waals surface area (Å²) in [5, 5.41) is 3.00. The number of benzene rings is 2. The molecule has 0 atom stereocenters. The van der Waals surface area contributed by atoms with Crippen LogP contribution in [0.4, 0.5) is 0 Å². The molecule has 2 aliphatic rings. The van der Waals surface area contributed by atoms with Gasteiger partial charge in [-0.3, -0.25) is 9.69 Å². The van der Waals surface area contributed by atoms with Crippen LogP contribution in [0, 0.1) is 0 Å². The quantitative estimate of drug-likeness (QED) is 0.880. The summed E-state index contributed by atoms with van der Waals surface area (Å²) in [5.74, 6) is 0.764. The molecule has 0 aliphatic carbocycles. The number of piperidine rings is 1. The number of nitrogens with zero attached hydrogens (tertiary/aromatic N) is 1. The highest BCUT2D eigenvalue weighted by Gasteiger charge is 2.16. The number of hydrogen-bond donors (Lipinski definition) is 1. The van der Waals surface area contributed by atoms with E-state index in [-0.39, 0.29) is 5.91 Å². The molecule has 2 heterocycles. The van der Waals surface area contributed by atoms with Gasteiger partial charge in [0.05, 0.1) is 5.57 Å². The van der Waals surface area contributed by atoms with E-state index in [1.807, 2.05) is 30.3 Å². The molecule has 2 aromatic carbocycles. The van der Waals surface area contributed by atoms with E-state index in [1.54, 1.807) is 0 Å². The zero-order valence-electron chi connectivity index (χ0n) is 15.6. The van der Waals surface area contributed by atoms with E-state index < -0.39 is 0 Å². The van der Waals surface area contributed by atoms with Gasteiger partial charge < -0.3 is 10.1 Å². The number of carbonyl (C=O) groups is 1. The number of para-hydroxylation sites is 1. The molecular formula is C23H26N2O2. The highest BCUT2D eigenvalue weighted by atomic mass is 16.5. The maximum absolute atomic E-state index is 12.4. The lowest BCUT2D eigenvalue weighted by Crippen LogP contribution is -2.29. The fraction of sp³-hybridized carbons (Fsp3) is 0.348. The van der Waals surface area contributed by atoms with Crippen LogP contribution in [0.2, 0.25) is 0 Å². The van der Waals surface area contributed by atoms with Crippen LogP contribution in [0.15, 0.2) is 54.1 Å². The first-order chi connectivity index (χ1) is 13.3. The number of nitrogens with one attached hydrogen (secondary N) is 1. The minimum atomic E-state index is -0.0677. The molecule has 0 bridgehead atoms. The molecule has 1 amide bonds. The van der Waals surface area contributed by atoms with Crippen LogP contribution in [0.3, 0.4) is 0 Å². The molecule has 1 N–H and O–H groups in total. The average Bonchev–Trinajstić information content (AvgIpc) is 2.73. The molecule has 0 spiro atoms. The Bertz CT molecular complexity index is 821. The first-order valence-corrected chi connectivity index (χ1v) is 9.79. The SMILES string of the molecule is O=C(NCc1ccc(CN2CCCCC2)cc1)C1=Cc2ccccc2OC1. The summed E-state index contributed by atoms with van der Waals surface area (Å²) in [7, 11) is 0. The summed E-state index contributed by atoms with van der Waals surface area (Å²) in [6, 6.07) is 16.3. The fourth-order valence-electron chi connectivity index (χ4n) is 3.68. The van der Waals surface area contributed by atoms with Crippen LogP contribution in [-0.4, -0.2) is 30.5 Å². The maximum atomic E-state index is 12.4.